The number of nitrogens with one attached hydrogen (secondary N) is 1. The van der Waals surface area contributed by atoms with Crippen LogP contribution in [-0.4, -0.2) is 23.0 Å². The van der Waals surface area contributed by atoms with Crippen LogP contribution < -0.4 is 5.32 Å². The van der Waals surface area contributed by atoms with Crippen LogP contribution in [0, 0.1) is 26.7 Å². The molecule has 0 bridgehead atoms. The van der Waals surface area contributed by atoms with E-state index in [4.69, 9.17) is 5.11 Å². The third kappa shape index (κ3) is 3.38. The second-order valence-corrected chi connectivity index (χ2v) is 5.79. The number of carbonyl (C=O) groups excluding carboxylic acids is 1. The molecule has 4 heteroatoms. The van der Waals surface area contributed by atoms with Gasteiger partial charge in [-0.15, -0.1) is 0 Å². The number of carboxylic acid groups (broad SMARTS) is 1. The molecule has 1 amide bonds. The van der Waals surface area contributed by atoms with Crippen molar-refractivity contribution in [3.05, 3.63) is 34.4 Å². The van der Waals surface area contributed by atoms with E-state index in [-0.39, 0.29) is 18.4 Å². The summed E-state index contributed by atoms with van der Waals surface area (Å²) in [5, 5.41) is 11.8. The highest BCUT2D eigenvalue weighted by Gasteiger charge is 2.34. The van der Waals surface area contributed by atoms with E-state index in [1.807, 2.05) is 32.9 Å². The molecule has 0 aliphatic heterocycles. The quantitative estimate of drug-likeness (QED) is 0.868. The highest BCUT2D eigenvalue weighted by atomic mass is 16.4. The van der Waals surface area contributed by atoms with Gasteiger partial charge >= 0.3 is 5.97 Å². The maximum absolute atomic E-state index is 12.4. The van der Waals surface area contributed by atoms with Crippen molar-refractivity contribution in [2.75, 3.05) is 0 Å². The lowest BCUT2D eigenvalue weighted by atomic mass is 9.98. The highest BCUT2D eigenvalue weighted by Crippen LogP contribution is 2.34. The molecule has 2 rings (SSSR count). The molecule has 1 unspecified atom stereocenters. The fourth-order valence-corrected chi connectivity index (χ4v) is 2.80. The number of aryl methyl sites for hydroxylation is 3. The van der Waals surface area contributed by atoms with Gasteiger partial charge in [-0.2, -0.15) is 0 Å². The minimum absolute atomic E-state index is 0.000360. The molecule has 0 radical (unpaired) electrons. The summed E-state index contributed by atoms with van der Waals surface area (Å²) in [6.45, 7) is 5.83. The summed E-state index contributed by atoms with van der Waals surface area (Å²) >= 11 is 0. The van der Waals surface area contributed by atoms with Gasteiger partial charge in [-0.25, -0.2) is 0 Å². The Morgan fingerprint density at radius 3 is 2.25 bits per heavy atom. The third-order valence-electron chi connectivity index (χ3n) is 3.81. The summed E-state index contributed by atoms with van der Waals surface area (Å²) in [5.74, 6) is -0.696. The van der Waals surface area contributed by atoms with E-state index in [9.17, 15) is 9.59 Å². The molecule has 0 heterocycles. The largest absolute Gasteiger partial charge is 0.481 e. The summed E-state index contributed by atoms with van der Waals surface area (Å²) in [6, 6.07) is 3.70. The Morgan fingerprint density at radius 2 is 1.80 bits per heavy atom. The molecule has 2 N–H and O–H groups in total. The topological polar surface area (TPSA) is 66.4 Å². The monoisotopic (exact) mass is 275 g/mol. The first kappa shape index (κ1) is 14.6. The van der Waals surface area contributed by atoms with Gasteiger partial charge in [0, 0.05) is 11.6 Å². The smallest absolute Gasteiger partial charge is 0.305 e. The first-order chi connectivity index (χ1) is 9.38. The van der Waals surface area contributed by atoms with E-state index in [2.05, 4.69) is 5.32 Å². The van der Waals surface area contributed by atoms with Gasteiger partial charge < -0.3 is 10.4 Å². The number of amides is 1. The van der Waals surface area contributed by atoms with E-state index in [1.165, 1.54) is 0 Å². The van der Waals surface area contributed by atoms with Crippen LogP contribution in [0.5, 0.6) is 0 Å². The van der Waals surface area contributed by atoms with Crippen LogP contribution in [0.3, 0.4) is 0 Å². The lowest BCUT2D eigenvalue weighted by Gasteiger charge is -2.18. The fraction of sp³-hybridized carbons (Fsp3) is 0.500. The van der Waals surface area contributed by atoms with Gasteiger partial charge in [0.2, 0.25) is 0 Å². The molecular formula is C16H21NO3. The molecule has 4 nitrogen and oxygen atoms in total. The average Bonchev–Trinajstić information content (AvgIpc) is 3.09. The van der Waals surface area contributed by atoms with Crippen molar-refractivity contribution < 1.29 is 14.7 Å². The molecule has 1 aliphatic carbocycles. The Balaban J connectivity index is 2.16. The number of rotatable bonds is 5. The molecule has 1 aliphatic rings. The maximum atomic E-state index is 12.4. The normalized spacial score (nSPS) is 15.8. The summed E-state index contributed by atoms with van der Waals surface area (Å²) in [6.07, 6.45) is 2.01. The minimum atomic E-state index is -0.862. The standard InChI is InChI=1S/C16H21NO3/c1-9-6-10(2)15(11(3)7-9)16(20)17-13(8-14(18)19)12-4-5-12/h6-7,12-13H,4-5,8H2,1-3H3,(H,17,20)(H,18,19). The Bertz CT molecular complexity index is 524. The molecule has 20 heavy (non-hydrogen) atoms. The van der Waals surface area contributed by atoms with E-state index < -0.39 is 5.97 Å². The summed E-state index contributed by atoms with van der Waals surface area (Å²) in [4.78, 5) is 23.3. The third-order valence-corrected chi connectivity index (χ3v) is 3.81. The van der Waals surface area contributed by atoms with Crippen molar-refractivity contribution >= 4 is 11.9 Å². The van der Waals surface area contributed by atoms with E-state index in [1.54, 1.807) is 0 Å². The predicted octanol–water partition coefficient (Wildman–Crippen LogP) is 2.59. The van der Waals surface area contributed by atoms with Crippen molar-refractivity contribution in [1.82, 2.24) is 5.32 Å². The first-order valence-electron chi connectivity index (χ1n) is 6.99. The molecular weight excluding hydrogens is 254 g/mol. The van der Waals surface area contributed by atoms with Crippen molar-refractivity contribution in [2.24, 2.45) is 5.92 Å². The predicted molar refractivity (Wildman–Crippen MR) is 76.9 cm³/mol. The zero-order chi connectivity index (χ0) is 14.9. The number of hydrogen-bond donors (Lipinski definition) is 2. The van der Waals surface area contributed by atoms with Gasteiger partial charge in [-0.1, -0.05) is 17.7 Å². The number of hydrogen-bond acceptors (Lipinski definition) is 2. The molecule has 1 fully saturated rings. The van der Waals surface area contributed by atoms with Gasteiger partial charge in [-0.05, 0) is 50.7 Å². The van der Waals surface area contributed by atoms with Crippen LogP contribution in [0.2, 0.25) is 0 Å². The van der Waals surface area contributed by atoms with Gasteiger partial charge in [0.05, 0.1) is 6.42 Å². The van der Waals surface area contributed by atoms with Crippen molar-refractivity contribution in [2.45, 2.75) is 46.1 Å². The summed E-state index contributed by atoms with van der Waals surface area (Å²) in [7, 11) is 0. The Labute approximate surface area is 119 Å². The first-order valence-corrected chi connectivity index (χ1v) is 6.99. The summed E-state index contributed by atoms with van der Waals surface area (Å²) in [5.41, 5.74) is 3.67. The molecule has 108 valence electrons. The number of carbonyl (C=O) groups is 2. The molecule has 1 saturated carbocycles. The van der Waals surface area contributed by atoms with Crippen LogP contribution >= 0.6 is 0 Å². The Hall–Kier alpha value is -1.84. The van der Waals surface area contributed by atoms with Crippen molar-refractivity contribution in [3.8, 4) is 0 Å². The minimum Gasteiger partial charge on any atom is -0.481 e. The Kier molecular flexibility index (Phi) is 4.12. The Morgan fingerprint density at radius 1 is 1.25 bits per heavy atom. The zero-order valence-corrected chi connectivity index (χ0v) is 12.2. The zero-order valence-electron chi connectivity index (χ0n) is 12.2. The van der Waals surface area contributed by atoms with Gasteiger partial charge in [0.15, 0.2) is 0 Å². The number of benzene rings is 1. The maximum Gasteiger partial charge on any atom is 0.305 e. The van der Waals surface area contributed by atoms with Crippen LogP contribution in [0.25, 0.3) is 0 Å². The van der Waals surface area contributed by atoms with Crippen LogP contribution in [0.1, 0.15) is 46.3 Å². The van der Waals surface area contributed by atoms with Crippen LogP contribution in [-0.2, 0) is 4.79 Å². The average molecular weight is 275 g/mol. The van der Waals surface area contributed by atoms with Crippen LogP contribution in [0.15, 0.2) is 12.1 Å². The molecule has 1 aromatic carbocycles. The van der Waals surface area contributed by atoms with Gasteiger partial charge in [0.25, 0.3) is 5.91 Å². The van der Waals surface area contributed by atoms with E-state index in [0.29, 0.717) is 11.5 Å². The SMILES string of the molecule is Cc1cc(C)c(C(=O)NC(CC(=O)O)C2CC2)c(C)c1. The number of carboxylic acids is 1. The molecule has 1 aromatic rings. The second kappa shape index (κ2) is 5.65. The van der Waals surface area contributed by atoms with Crippen LogP contribution in [0.4, 0.5) is 0 Å². The van der Waals surface area contributed by atoms with E-state index in [0.717, 1.165) is 29.5 Å². The highest BCUT2D eigenvalue weighted by molar-refractivity contribution is 5.97. The lowest BCUT2D eigenvalue weighted by molar-refractivity contribution is -0.137. The second-order valence-electron chi connectivity index (χ2n) is 5.79. The molecule has 0 aromatic heterocycles. The summed E-state index contributed by atoms with van der Waals surface area (Å²) < 4.78 is 0. The van der Waals surface area contributed by atoms with Gasteiger partial charge in [-0.3, -0.25) is 9.59 Å². The number of aliphatic carboxylic acids is 1. The fourth-order valence-electron chi connectivity index (χ4n) is 2.80. The van der Waals surface area contributed by atoms with Gasteiger partial charge in [0.1, 0.15) is 0 Å². The molecule has 1 atom stereocenters. The molecule has 0 saturated heterocycles. The lowest BCUT2D eigenvalue weighted by Crippen LogP contribution is -2.38. The van der Waals surface area contributed by atoms with E-state index >= 15 is 0 Å². The van der Waals surface area contributed by atoms with Crippen molar-refractivity contribution in [3.63, 3.8) is 0 Å². The van der Waals surface area contributed by atoms with Crippen molar-refractivity contribution in [1.29, 1.82) is 0 Å². The molecule has 0 spiro atoms.